The maximum absolute atomic E-state index is 5.05. The second-order valence-corrected chi connectivity index (χ2v) is 6.13. The summed E-state index contributed by atoms with van der Waals surface area (Å²) in [5.74, 6) is 2.52. The van der Waals surface area contributed by atoms with Crippen molar-refractivity contribution in [1.29, 1.82) is 0 Å². The first kappa shape index (κ1) is 15.2. The standard InChI is InChI=1S/C15H24N6O/c1-12-17-14(18-22-12)10-21-7-4-5-13(9-21)20(3)11-15-16-6-8-19(15)2/h6,8,13H,4-5,7,9-11H2,1-3H3/t13-/m1/s1. The molecule has 0 radical (unpaired) electrons. The normalized spacial score (nSPS) is 19.9. The predicted molar refractivity (Wildman–Crippen MR) is 82.0 cm³/mol. The Hall–Kier alpha value is -1.73. The van der Waals surface area contributed by atoms with Crippen LogP contribution in [0.3, 0.4) is 0 Å². The van der Waals surface area contributed by atoms with Crippen LogP contribution >= 0.6 is 0 Å². The number of imidazole rings is 1. The molecular weight excluding hydrogens is 280 g/mol. The SMILES string of the molecule is Cc1nc(CN2CCC[C@@H](N(C)Cc3nccn3C)C2)no1. The molecule has 0 amide bonds. The molecule has 1 fully saturated rings. The van der Waals surface area contributed by atoms with Gasteiger partial charge in [0.1, 0.15) is 5.82 Å². The maximum atomic E-state index is 5.05. The highest BCUT2D eigenvalue weighted by Crippen LogP contribution is 2.18. The van der Waals surface area contributed by atoms with E-state index in [0.717, 1.165) is 37.8 Å². The van der Waals surface area contributed by atoms with Crippen LogP contribution in [0, 0.1) is 6.92 Å². The molecule has 1 aliphatic heterocycles. The number of likely N-dealkylation sites (N-methyl/N-ethyl adjacent to an activating group) is 1. The number of rotatable bonds is 5. The van der Waals surface area contributed by atoms with Gasteiger partial charge in [-0.25, -0.2) is 4.98 Å². The lowest BCUT2D eigenvalue weighted by Crippen LogP contribution is -2.46. The van der Waals surface area contributed by atoms with Gasteiger partial charge in [0.25, 0.3) is 0 Å². The Balaban J connectivity index is 1.56. The zero-order chi connectivity index (χ0) is 15.5. The van der Waals surface area contributed by atoms with Crippen LogP contribution in [0.5, 0.6) is 0 Å². The molecule has 2 aromatic rings. The fourth-order valence-corrected chi connectivity index (χ4v) is 3.04. The van der Waals surface area contributed by atoms with Gasteiger partial charge in [0.2, 0.25) is 5.89 Å². The topological polar surface area (TPSA) is 63.2 Å². The third-order valence-electron chi connectivity index (χ3n) is 4.35. The number of aryl methyl sites for hydroxylation is 2. The Morgan fingerprint density at radius 3 is 3.00 bits per heavy atom. The first-order valence-corrected chi connectivity index (χ1v) is 7.80. The monoisotopic (exact) mass is 304 g/mol. The van der Waals surface area contributed by atoms with Gasteiger partial charge in [-0.05, 0) is 26.4 Å². The van der Waals surface area contributed by atoms with Crippen molar-refractivity contribution < 1.29 is 4.52 Å². The Kier molecular flexibility index (Phi) is 4.54. The number of piperidine rings is 1. The zero-order valence-electron chi connectivity index (χ0n) is 13.6. The van der Waals surface area contributed by atoms with E-state index in [0.29, 0.717) is 11.9 Å². The first-order chi connectivity index (χ1) is 10.6. The van der Waals surface area contributed by atoms with Gasteiger partial charge in [-0.1, -0.05) is 5.16 Å². The van der Waals surface area contributed by atoms with Crippen LogP contribution < -0.4 is 0 Å². The van der Waals surface area contributed by atoms with Crippen LogP contribution in [0.25, 0.3) is 0 Å². The van der Waals surface area contributed by atoms with Gasteiger partial charge in [-0.15, -0.1) is 0 Å². The van der Waals surface area contributed by atoms with Crippen molar-refractivity contribution in [3.63, 3.8) is 0 Å². The van der Waals surface area contributed by atoms with Gasteiger partial charge >= 0.3 is 0 Å². The number of hydrogen-bond acceptors (Lipinski definition) is 6. The third kappa shape index (κ3) is 3.53. The molecule has 3 rings (SSSR count). The molecule has 0 unspecified atom stereocenters. The van der Waals surface area contributed by atoms with Gasteiger partial charge in [0.15, 0.2) is 5.82 Å². The molecule has 0 aromatic carbocycles. The highest BCUT2D eigenvalue weighted by molar-refractivity contribution is 4.93. The van der Waals surface area contributed by atoms with Gasteiger partial charge in [-0.3, -0.25) is 9.80 Å². The molecule has 1 aliphatic rings. The van der Waals surface area contributed by atoms with Crippen LogP contribution in [0.15, 0.2) is 16.9 Å². The van der Waals surface area contributed by atoms with Crippen molar-refractivity contribution >= 4 is 0 Å². The molecular formula is C15H24N6O. The molecule has 3 heterocycles. The summed E-state index contributed by atoms with van der Waals surface area (Å²) in [6.45, 7) is 5.61. The van der Waals surface area contributed by atoms with Crippen molar-refractivity contribution in [2.75, 3.05) is 20.1 Å². The molecule has 0 saturated carbocycles. The number of likely N-dealkylation sites (tertiary alicyclic amines) is 1. The van der Waals surface area contributed by atoms with Gasteiger partial charge in [-0.2, -0.15) is 4.98 Å². The lowest BCUT2D eigenvalue weighted by molar-refractivity contribution is 0.102. The second-order valence-electron chi connectivity index (χ2n) is 6.13. The molecule has 0 spiro atoms. The van der Waals surface area contributed by atoms with Gasteiger partial charge in [0, 0.05) is 39.0 Å². The average molecular weight is 304 g/mol. The van der Waals surface area contributed by atoms with E-state index in [1.165, 1.54) is 12.8 Å². The number of hydrogen-bond donors (Lipinski definition) is 0. The van der Waals surface area contributed by atoms with E-state index in [9.17, 15) is 0 Å². The van der Waals surface area contributed by atoms with Crippen LogP contribution in [0.1, 0.15) is 30.4 Å². The Labute approximate surface area is 130 Å². The van der Waals surface area contributed by atoms with Crippen molar-refractivity contribution in [3.05, 3.63) is 29.9 Å². The second kappa shape index (κ2) is 6.58. The minimum absolute atomic E-state index is 0.540. The molecule has 0 bridgehead atoms. The molecule has 1 atom stereocenters. The minimum atomic E-state index is 0.540. The Bertz CT molecular complexity index is 607. The summed E-state index contributed by atoms with van der Waals surface area (Å²) in [6, 6.07) is 0.540. The van der Waals surface area contributed by atoms with Crippen molar-refractivity contribution in [2.24, 2.45) is 7.05 Å². The largest absolute Gasteiger partial charge is 0.340 e. The molecule has 2 aromatic heterocycles. The van der Waals surface area contributed by atoms with Crippen LogP contribution in [-0.2, 0) is 20.1 Å². The summed E-state index contributed by atoms with van der Waals surface area (Å²) in [5.41, 5.74) is 0. The van der Waals surface area contributed by atoms with E-state index < -0.39 is 0 Å². The van der Waals surface area contributed by atoms with E-state index in [1.807, 2.05) is 26.4 Å². The Morgan fingerprint density at radius 2 is 2.32 bits per heavy atom. The molecule has 0 N–H and O–H groups in total. The first-order valence-electron chi connectivity index (χ1n) is 7.80. The van der Waals surface area contributed by atoms with E-state index in [4.69, 9.17) is 4.52 Å². The van der Waals surface area contributed by atoms with E-state index in [1.54, 1.807) is 0 Å². The van der Waals surface area contributed by atoms with Gasteiger partial charge in [0.05, 0.1) is 13.1 Å². The van der Waals surface area contributed by atoms with E-state index >= 15 is 0 Å². The summed E-state index contributed by atoms with van der Waals surface area (Å²) in [7, 11) is 4.23. The number of aromatic nitrogens is 4. The predicted octanol–water partition coefficient (Wildman–Crippen LogP) is 1.21. The minimum Gasteiger partial charge on any atom is -0.340 e. The van der Waals surface area contributed by atoms with Crippen LogP contribution in [0.4, 0.5) is 0 Å². The summed E-state index contributed by atoms with van der Waals surface area (Å²) in [4.78, 5) is 13.5. The summed E-state index contributed by atoms with van der Waals surface area (Å²) >= 11 is 0. The van der Waals surface area contributed by atoms with Crippen molar-refractivity contribution in [1.82, 2.24) is 29.5 Å². The third-order valence-corrected chi connectivity index (χ3v) is 4.35. The maximum Gasteiger partial charge on any atom is 0.223 e. The molecule has 22 heavy (non-hydrogen) atoms. The zero-order valence-corrected chi connectivity index (χ0v) is 13.6. The Morgan fingerprint density at radius 1 is 1.45 bits per heavy atom. The molecule has 1 saturated heterocycles. The molecule has 120 valence electrons. The average Bonchev–Trinajstić information content (AvgIpc) is 3.08. The summed E-state index contributed by atoms with van der Waals surface area (Å²) < 4.78 is 7.14. The van der Waals surface area contributed by atoms with Gasteiger partial charge < -0.3 is 9.09 Å². The smallest absolute Gasteiger partial charge is 0.223 e. The van der Waals surface area contributed by atoms with Crippen molar-refractivity contribution in [2.45, 2.75) is 38.9 Å². The number of nitrogens with zero attached hydrogens (tertiary/aromatic N) is 6. The van der Waals surface area contributed by atoms with E-state index in [2.05, 4.69) is 36.5 Å². The highest BCUT2D eigenvalue weighted by atomic mass is 16.5. The lowest BCUT2D eigenvalue weighted by Gasteiger charge is -2.37. The van der Waals surface area contributed by atoms with Crippen LogP contribution in [0.2, 0.25) is 0 Å². The fraction of sp³-hybridized carbons (Fsp3) is 0.667. The molecule has 7 heteroatoms. The lowest BCUT2D eigenvalue weighted by atomic mass is 10.0. The molecule has 7 nitrogen and oxygen atoms in total. The highest BCUT2D eigenvalue weighted by Gasteiger charge is 2.24. The van der Waals surface area contributed by atoms with Crippen molar-refractivity contribution in [3.8, 4) is 0 Å². The quantitative estimate of drug-likeness (QED) is 0.827. The van der Waals surface area contributed by atoms with E-state index in [-0.39, 0.29) is 0 Å². The summed E-state index contributed by atoms with van der Waals surface area (Å²) in [5, 5.41) is 4.00. The van der Waals surface area contributed by atoms with Crippen LogP contribution in [-0.4, -0.2) is 55.7 Å². The fourth-order valence-electron chi connectivity index (χ4n) is 3.04. The molecule has 0 aliphatic carbocycles. The summed E-state index contributed by atoms with van der Waals surface area (Å²) in [6.07, 6.45) is 6.28.